The van der Waals surface area contributed by atoms with E-state index in [1.165, 1.54) is 0 Å². The molecule has 0 bridgehead atoms. The van der Waals surface area contributed by atoms with Gasteiger partial charge < -0.3 is 10.4 Å². The molecule has 0 aliphatic rings. The molecule has 17 heavy (non-hydrogen) atoms. The van der Waals surface area contributed by atoms with Crippen molar-refractivity contribution in [2.75, 3.05) is 5.32 Å². The summed E-state index contributed by atoms with van der Waals surface area (Å²) < 4.78 is 25.7. The Labute approximate surface area is 96.3 Å². The summed E-state index contributed by atoms with van der Waals surface area (Å²) >= 11 is 0. The van der Waals surface area contributed by atoms with Crippen molar-refractivity contribution in [3.63, 3.8) is 0 Å². The predicted octanol–water partition coefficient (Wildman–Crippen LogP) is 2.16. The summed E-state index contributed by atoms with van der Waals surface area (Å²) in [6.45, 7) is 0. The molecule has 0 atom stereocenters. The molecule has 0 heterocycles. The highest BCUT2D eigenvalue weighted by molar-refractivity contribution is 5.90. The normalized spacial score (nSPS) is 10.0. The van der Waals surface area contributed by atoms with Crippen molar-refractivity contribution in [2.24, 2.45) is 0 Å². The fraction of sp³-hybridized carbons (Fsp3) is 0.273. The van der Waals surface area contributed by atoms with Gasteiger partial charge in [0.25, 0.3) is 0 Å². The summed E-state index contributed by atoms with van der Waals surface area (Å²) in [5.74, 6) is -3.09. The molecule has 0 radical (unpaired) electrons. The Bertz CT molecular complexity index is 435. The van der Waals surface area contributed by atoms with Crippen LogP contribution in [0.15, 0.2) is 18.2 Å². The lowest BCUT2D eigenvalue weighted by atomic mass is 10.2. The van der Waals surface area contributed by atoms with Gasteiger partial charge in [0.05, 0.1) is 5.69 Å². The van der Waals surface area contributed by atoms with Crippen molar-refractivity contribution >= 4 is 17.6 Å². The molecule has 0 saturated heterocycles. The van der Waals surface area contributed by atoms with Crippen LogP contribution in [-0.4, -0.2) is 17.0 Å². The fourth-order valence-electron chi connectivity index (χ4n) is 1.20. The average molecular weight is 243 g/mol. The average Bonchev–Trinajstić information content (AvgIpc) is 2.21. The third-order valence-electron chi connectivity index (χ3n) is 2.00. The van der Waals surface area contributed by atoms with Gasteiger partial charge in [-0.15, -0.1) is 0 Å². The van der Waals surface area contributed by atoms with Gasteiger partial charge in [-0.1, -0.05) is 0 Å². The van der Waals surface area contributed by atoms with E-state index in [0.29, 0.717) is 6.07 Å². The maximum absolute atomic E-state index is 13.1. The number of benzene rings is 1. The summed E-state index contributed by atoms with van der Waals surface area (Å²) in [6.07, 6.45) is 0.0203. The monoisotopic (exact) mass is 243 g/mol. The molecule has 0 fully saturated rings. The summed E-state index contributed by atoms with van der Waals surface area (Å²) in [6, 6.07) is 2.79. The first-order chi connectivity index (χ1) is 7.99. The second kappa shape index (κ2) is 5.93. The van der Waals surface area contributed by atoms with Crippen molar-refractivity contribution in [1.29, 1.82) is 0 Å². The lowest BCUT2D eigenvalue weighted by Gasteiger charge is -2.05. The van der Waals surface area contributed by atoms with Crippen LogP contribution in [0.2, 0.25) is 0 Å². The summed E-state index contributed by atoms with van der Waals surface area (Å²) in [5, 5.41) is 10.6. The van der Waals surface area contributed by atoms with Gasteiger partial charge in [0.15, 0.2) is 0 Å². The molecule has 0 aromatic heterocycles. The maximum Gasteiger partial charge on any atom is 0.303 e. The second-order valence-electron chi connectivity index (χ2n) is 3.42. The van der Waals surface area contributed by atoms with Gasteiger partial charge in [0.2, 0.25) is 5.91 Å². The van der Waals surface area contributed by atoms with Crippen molar-refractivity contribution in [2.45, 2.75) is 19.3 Å². The highest BCUT2D eigenvalue weighted by Gasteiger charge is 2.08. The topological polar surface area (TPSA) is 66.4 Å². The lowest BCUT2D eigenvalue weighted by molar-refractivity contribution is -0.137. The van der Waals surface area contributed by atoms with Crippen molar-refractivity contribution in [3.05, 3.63) is 29.8 Å². The highest BCUT2D eigenvalue weighted by atomic mass is 19.1. The standard InChI is InChI=1S/C11H11F2NO3/c12-7-4-5-9(8(13)6-7)14-10(15)2-1-3-11(16)17/h4-6H,1-3H2,(H,14,15)(H,16,17). The van der Waals surface area contributed by atoms with Crippen LogP contribution in [-0.2, 0) is 9.59 Å². The molecule has 4 nitrogen and oxygen atoms in total. The van der Waals surface area contributed by atoms with Gasteiger partial charge in [0.1, 0.15) is 11.6 Å². The summed E-state index contributed by atoms with van der Waals surface area (Å²) in [4.78, 5) is 21.5. The molecule has 0 saturated carbocycles. The zero-order valence-corrected chi connectivity index (χ0v) is 8.87. The first-order valence-electron chi connectivity index (χ1n) is 4.95. The Hall–Kier alpha value is -1.98. The Morgan fingerprint density at radius 2 is 1.94 bits per heavy atom. The quantitative estimate of drug-likeness (QED) is 0.832. The van der Waals surface area contributed by atoms with Crippen LogP contribution in [0.3, 0.4) is 0 Å². The number of hydrogen-bond acceptors (Lipinski definition) is 2. The number of hydrogen-bond donors (Lipinski definition) is 2. The molecular formula is C11H11F2NO3. The molecule has 0 unspecified atom stereocenters. The number of carbonyl (C=O) groups excluding carboxylic acids is 1. The Morgan fingerprint density at radius 3 is 2.53 bits per heavy atom. The fourth-order valence-corrected chi connectivity index (χ4v) is 1.20. The molecule has 0 spiro atoms. The second-order valence-corrected chi connectivity index (χ2v) is 3.42. The number of amides is 1. The van der Waals surface area contributed by atoms with Crippen LogP contribution in [0.25, 0.3) is 0 Å². The van der Waals surface area contributed by atoms with Crippen LogP contribution in [0.4, 0.5) is 14.5 Å². The SMILES string of the molecule is O=C(O)CCCC(=O)Nc1ccc(F)cc1F. The number of carboxylic acids is 1. The minimum absolute atomic E-state index is 0.0247. The van der Waals surface area contributed by atoms with Crippen molar-refractivity contribution < 1.29 is 23.5 Å². The number of carbonyl (C=O) groups is 2. The maximum atomic E-state index is 13.1. The molecule has 6 heteroatoms. The Kier molecular flexibility index (Phi) is 4.56. The van der Waals surface area contributed by atoms with Crippen LogP contribution in [0, 0.1) is 11.6 Å². The summed E-state index contributed by atoms with van der Waals surface area (Å²) in [5.41, 5.74) is -0.119. The van der Waals surface area contributed by atoms with Gasteiger partial charge in [0, 0.05) is 18.9 Å². The molecule has 0 aliphatic carbocycles. The molecule has 1 rings (SSSR count). The zero-order chi connectivity index (χ0) is 12.8. The predicted molar refractivity (Wildman–Crippen MR) is 56.5 cm³/mol. The van der Waals surface area contributed by atoms with Gasteiger partial charge in [-0.3, -0.25) is 9.59 Å². The molecule has 1 aromatic rings. The van der Waals surface area contributed by atoms with E-state index < -0.39 is 23.5 Å². The summed E-state index contributed by atoms with van der Waals surface area (Å²) in [7, 11) is 0. The van der Waals surface area contributed by atoms with Crippen LogP contribution >= 0.6 is 0 Å². The molecule has 92 valence electrons. The van der Waals surface area contributed by atoms with Gasteiger partial charge in [-0.2, -0.15) is 0 Å². The first-order valence-corrected chi connectivity index (χ1v) is 4.95. The minimum Gasteiger partial charge on any atom is -0.481 e. The van der Waals surface area contributed by atoms with E-state index in [1.54, 1.807) is 0 Å². The number of aliphatic carboxylic acids is 1. The van der Waals surface area contributed by atoms with E-state index in [-0.39, 0.29) is 24.9 Å². The Morgan fingerprint density at radius 1 is 1.24 bits per heavy atom. The van der Waals surface area contributed by atoms with Gasteiger partial charge in [-0.05, 0) is 18.6 Å². The molecule has 1 aromatic carbocycles. The number of halogens is 2. The zero-order valence-electron chi connectivity index (χ0n) is 8.87. The lowest BCUT2D eigenvalue weighted by Crippen LogP contribution is -2.13. The molecule has 2 N–H and O–H groups in total. The third-order valence-corrected chi connectivity index (χ3v) is 2.00. The van der Waals surface area contributed by atoms with E-state index in [0.717, 1.165) is 12.1 Å². The van der Waals surface area contributed by atoms with E-state index in [4.69, 9.17) is 5.11 Å². The van der Waals surface area contributed by atoms with E-state index in [1.807, 2.05) is 0 Å². The van der Waals surface area contributed by atoms with E-state index >= 15 is 0 Å². The van der Waals surface area contributed by atoms with Crippen LogP contribution in [0.5, 0.6) is 0 Å². The highest BCUT2D eigenvalue weighted by Crippen LogP contribution is 2.15. The Balaban J connectivity index is 2.48. The van der Waals surface area contributed by atoms with E-state index in [2.05, 4.69) is 5.32 Å². The van der Waals surface area contributed by atoms with Crippen LogP contribution in [0.1, 0.15) is 19.3 Å². The molecular weight excluding hydrogens is 232 g/mol. The number of nitrogens with one attached hydrogen (secondary N) is 1. The largest absolute Gasteiger partial charge is 0.481 e. The van der Waals surface area contributed by atoms with Gasteiger partial charge >= 0.3 is 5.97 Å². The van der Waals surface area contributed by atoms with Crippen molar-refractivity contribution in [3.8, 4) is 0 Å². The van der Waals surface area contributed by atoms with Crippen LogP contribution < -0.4 is 5.32 Å². The number of rotatable bonds is 5. The van der Waals surface area contributed by atoms with Gasteiger partial charge in [-0.25, -0.2) is 8.78 Å². The number of carboxylic acid groups (broad SMARTS) is 1. The molecule has 0 aliphatic heterocycles. The third kappa shape index (κ3) is 4.58. The van der Waals surface area contributed by atoms with Crippen molar-refractivity contribution in [1.82, 2.24) is 0 Å². The first kappa shape index (κ1) is 13.1. The molecule has 1 amide bonds. The minimum atomic E-state index is -0.995. The smallest absolute Gasteiger partial charge is 0.303 e. The number of anilines is 1. The van der Waals surface area contributed by atoms with E-state index in [9.17, 15) is 18.4 Å².